The Balaban J connectivity index is 2.02. The van der Waals surface area contributed by atoms with E-state index in [4.69, 9.17) is 4.74 Å². The quantitative estimate of drug-likeness (QED) is 0.593. The molecule has 1 unspecified atom stereocenters. The highest BCUT2D eigenvalue weighted by atomic mass is 16.5. The van der Waals surface area contributed by atoms with E-state index < -0.39 is 11.8 Å². The van der Waals surface area contributed by atoms with Crippen LogP contribution in [0.4, 0.5) is 0 Å². The molecule has 1 atom stereocenters. The first kappa shape index (κ1) is 11.1. The molecule has 2 aliphatic rings. The monoisotopic (exact) mass is 225 g/mol. The summed E-state index contributed by atoms with van der Waals surface area (Å²) in [7, 11) is 0. The minimum absolute atomic E-state index is 0.0810. The normalized spacial score (nSPS) is 28.6. The Bertz CT molecular complexity index is 344. The number of aliphatic imine (C=N–C) groups is 1. The van der Waals surface area contributed by atoms with Crippen molar-refractivity contribution in [3.8, 4) is 0 Å². The van der Waals surface area contributed by atoms with Crippen LogP contribution in [0.3, 0.4) is 0 Å². The molecular formula is C10H15N3O3. The zero-order valence-electron chi connectivity index (χ0n) is 9.37. The summed E-state index contributed by atoms with van der Waals surface area (Å²) in [5.74, 6) is -1.03. The molecule has 88 valence electrons. The second kappa shape index (κ2) is 3.86. The number of carbonyl (C=O) groups excluding carboxylic acids is 2. The second-order valence-electron chi connectivity index (χ2n) is 4.64. The lowest BCUT2D eigenvalue weighted by Crippen LogP contribution is -2.38. The smallest absolute Gasteiger partial charge is 0.316 e. The molecule has 0 saturated carbocycles. The van der Waals surface area contributed by atoms with Crippen LogP contribution in [-0.4, -0.2) is 36.0 Å². The van der Waals surface area contributed by atoms with Crippen LogP contribution in [0.25, 0.3) is 0 Å². The number of nitrogens with zero attached hydrogens (tertiary/aromatic N) is 1. The summed E-state index contributed by atoms with van der Waals surface area (Å²) in [5.41, 5.74) is -0.195. The number of hydrogen-bond acceptors (Lipinski definition) is 4. The van der Waals surface area contributed by atoms with E-state index in [0.29, 0.717) is 6.61 Å². The van der Waals surface area contributed by atoms with Gasteiger partial charge in [-0.2, -0.15) is 0 Å². The molecule has 0 radical (unpaired) electrons. The maximum absolute atomic E-state index is 10.9. The summed E-state index contributed by atoms with van der Waals surface area (Å²) in [6.45, 7) is 4.66. The topological polar surface area (TPSA) is 79.8 Å². The number of guanidine groups is 1. The van der Waals surface area contributed by atoms with Gasteiger partial charge in [-0.25, -0.2) is 4.99 Å². The molecule has 0 aliphatic carbocycles. The third kappa shape index (κ3) is 2.38. The molecule has 2 amide bonds. The van der Waals surface area contributed by atoms with Crippen LogP contribution < -0.4 is 10.6 Å². The van der Waals surface area contributed by atoms with E-state index in [1.165, 1.54) is 0 Å². The van der Waals surface area contributed by atoms with Gasteiger partial charge in [-0.3, -0.25) is 20.2 Å². The molecule has 0 aromatic carbocycles. The van der Waals surface area contributed by atoms with Gasteiger partial charge in [0.1, 0.15) is 0 Å². The second-order valence-corrected chi connectivity index (χ2v) is 4.64. The van der Waals surface area contributed by atoms with Crippen LogP contribution in [-0.2, 0) is 14.3 Å². The number of ether oxygens (including phenoxy) is 1. The third-order valence-electron chi connectivity index (χ3n) is 2.65. The van der Waals surface area contributed by atoms with Crippen molar-refractivity contribution >= 4 is 17.8 Å². The van der Waals surface area contributed by atoms with Gasteiger partial charge in [0.25, 0.3) is 0 Å². The summed E-state index contributed by atoms with van der Waals surface area (Å²) in [6, 6.07) is 0.0810. The van der Waals surface area contributed by atoms with Gasteiger partial charge in [-0.15, -0.1) is 0 Å². The van der Waals surface area contributed by atoms with Crippen LogP contribution in [0.5, 0.6) is 0 Å². The minimum atomic E-state index is -0.648. The Morgan fingerprint density at radius 3 is 2.50 bits per heavy atom. The first-order valence-corrected chi connectivity index (χ1v) is 5.30. The van der Waals surface area contributed by atoms with Crippen molar-refractivity contribution in [3.63, 3.8) is 0 Å². The molecule has 2 N–H and O–H groups in total. The largest absolute Gasteiger partial charge is 0.375 e. The van der Waals surface area contributed by atoms with Crippen LogP contribution >= 0.6 is 0 Å². The zero-order chi connectivity index (χ0) is 11.8. The van der Waals surface area contributed by atoms with Crippen molar-refractivity contribution in [2.45, 2.75) is 38.3 Å². The lowest BCUT2D eigenvalue weighted by atomic mass is 9.94. The van der Waals surface area contributed by atoms with E-state index in [2.05, 4.69) is 15.6 Å². The van der Waals surface area contributed by atoms with Gasteiger partial charge in [0, 0.05) is 6.61 Å². The summed E-state index contributed by atoms with van der Waals surface area (Å²) in [5, 5.41) is 4.78. The number of hydrogen-bond donors (Lipinski definition) is 2. The van der Waals surface area contributed by atoms with Gasteiger partial charge < -0.3 is 4.74 Å². The summed E-state index contributed by atoms with van der Waals surface area (Å²) in [6.07, 6.45) is 1.58. The van der Waals surface area contributed by atoms with Gasteiger partial charge in [0.15, 0.2) is 0 Å². The maximum atomic E-state index is 10.9. The van der Waals surface area contributed by atoms with E-state index in [1.807, 2.05) is 13.8 Å². The predicted octanol–water partition coefficient (Wildman–Crippen LogP) is -0.454. The number of carbonyl (C=O) groups is 2. The number of rotatable bonds is 1. The van der Waals surface area contributed by atoms with Gasteiger partial charge in [-0.1, -0.05) is 0 Å². The highest BCUT2D eigenvalue weighted by Crippen LogP contribution is 2.25. The lowest BCUT2D eigenvalue weighted by Gasteiger charge is -2.33. The van der Waals surface area contributed by atoms with Crippen molar-refractivity contribution in [3.05, 3.63) is 0 Å². The molecule has 6 nitrogen and oxygen atoms in total. The molecule has 0 spiro atoms. The number of amides is 2. The van der Waals surface area contributed by atoms with Gasteiger partial charge in [0.2, 0.25) is 5.96 Å². The highest BCUT2D eigenvalue weighted by molar-refractivity contribution is 6.45. The fourth-order valence-corrected chi connectivity index (χ4v) is 1.92. The van der Waals surface area contributed by atoms with Crippen molar-refractivity contribution in [1.29, 1.82) is 0 Å². The van der Waals surface area contributed by atoms with E-state index >= 15 is 0 Å². The van der Waals surface area contributed by atoms with Crippen LogP contribution in [0, 0.1) is 0 Å². The van der Waals surface area contributed by atoms with Gasteiger partial charge in [0.05, 0.1) is 11.6 Å². The van der Waals surface area contributed by atoms with Gasteiger partial charge in [-0.05, 0) is 26.7 Å². The van der Waals surface area contributed by atoms with Crippen molar-refractivity contribution in [2.24, 2.45) is 4.99 Å². The maximum Gasteiger partial charge on any atom is 0.316 e. The zero-order valence-corrected chi connectivity index (χ0v) is 9.37. The molecule has 0 aromatic heterocycles. The molecule has 2 saturated heterocycles. The molecule has 6 heteroatoms. The molecule has 2 aliphatic heterocycles. The van der Waals surface area contributed by atoms with Crippen LogP contribution in [0.1, 0.15) is 26.7 Å². The average Bonchev–Trinajstić information content (AvgIpc) is 2.43. The Morgan fingerprint density at radius 2 is 1.94 bits per heavy atom. The van der Waals surface area contributed by atoms with Crippen molar-refractivity contribution in [2.75, 3.05) is 6.61 Å². The molecule has 2 fully saturated rings. The van der Waals surface area contributed by atoms with Crippen LogP contribution in [0.15, 0.2) is 4.99 Å². The highest BCUT2D eigenvalue weighted by Gasteiger charge is 2.31. The predicted molar refractivity (Wildman–Crippen MR) is 56.8 cm³/mol. The van der Waals surface area contributed by atoms with E-state index in [-0.39, 0.29) is 17.6 Å². The molecule has 16 heavy (non-hydrogen) atoms. The lowest BCUT2D eigenvalue weighted by molar-refractivity contribution is -0.135. The van der Waals surface area contributed by atoms with E-state index in [0.717, 1.165) is 12.8 Å². The molecule has 0 aromatic rings. The molecule has 0 bridgehead atoms. The first-order chi connectivity index (χ1) is 7.46. The van der Waals surface area contributed by atoms with Crippen LogP contribution in [0.2, 0.25) is 0 Å². The van der Waals surface area contributed by atoms with E-state index in [9.17, 15) is 9.59 Å². The molecule has 2 rings (SSSR count). The first-order valence-electron chi connectivity index (χ1n) is 5.30. The Labute approximate surface area is 93.4 Å². The molecular weight excluding hydrogens is 210 g/mol. The van der Waals surface area contributed by atoms with E-state index in [1.54, 1.807) is 0 Å². The fraction of sp³-hybridized carbons (Fsp3) is 0.700. The summed E-state index contributed by atoms with van der Waals surface area (Å²) >= 11 is 0. The fourth-order valence-electron chi connectivity index (χ4n) is 1.92. The Kier molecular flexibility index (Phi) is 2.67. The standard InChI is InChI=1S/C10H15N3O3/c1-10(2)5-6(3-4-16-10)11-9-12-7(14)8(15)13-9/h6H,3-5H2,1-2H3,(H2,11,12,13,14,15). The number of nitrogens with one attached hydrogen (secondary N) is 2. The summed E-state index contributed by atoms with van der Waals surface area (Å²) < 4.78 is 5.56. The summed E-state index contributed by atoms with van der Waals surface area (Å²) in [4.78, 5) is 26.2. The van der Waals surface area contributed by atoms with Crippen molar-refractivity contribution < 1.29 is 14.3 Å². The Morgan fingerprint density at radius 1 is 1.31 bits per heavy atom. The SMILES string of the molecule is CC1(C)CC(N=C2NC(=O)C(=O)N2)CCO1. The molecule has 2 heterocycles. The van der Waals surface area contributed by atoms with Crippen molar-refractivity contribution in [1.82, 2.24) is 10.6 Å². The minimum Gasteiger partial charge on any atom is -0.375 e. The Hall–Kier alpha value is -1.43. The third-order valence-corrected chi connectivity index (χ3v) is 2.65. The van der Waals surface area contributed by atoms with Gasteiger partial charge >= 0.3 is 11.8 Å². The average molecular weight is 225 g/mol.